The first-order valence-electron chi connectivity index (χ1n) is 5.15. The zero-order valence-corrected chi connectivity index (χ0v) is 9.94. The number of rotatable bonds is 3. The average molecular weight is 172 g/mol. The minimum absolute atomic E-state index is 0.365. The van der Waals surface area contributed by atoms with Gasteiger partial charge < -0.3 is 4.48 Å². The van der Waals surface area contributed by atoms with E-state index in [0.29, 0.717) is 5.54 Å². The summed E-state index contributed by atoms with van der Waals surface area (Å²) in [6.45, 7) is 15.2. The van der Waals surface area contributed by atoms with Gasteiger partial charge in [-0.3, -0.25) is 0 Å². The molecule has 0 radical (unpaired) electrons. The molecule has 0 spiro atoms. The van der Waals surface area contributed by atoms with E-state index in [4.69, 9.17) is 0 Å². The molecule has 0 rings (SSSR count). The van der Waals surface area contributed by atoms with Gasteiger partial charge in [0.25, 0.3) is 0 Å². The lowest BCUT2D eigenvalue weighted by Gasteiger charge is -2.49. The summed E-state index contributed by atoms with van der Waals surface area (Å²) in [5.74, 6) is 0. The van der Waals surface area contributed by atoms with Crippen LogP contribution in [0.15, 0.2) is 0 Å². The van der Waals surface area contributed by atoms with Gasteiger partial charge in [0.15, 0.2) is 0 Å². The van der Waals surface area contributed by atoms with E-state index < -0.39 is 0 Å². The lowest BCUT2D eigenvalue weighted by Crippen LogP contribution is -2.61. The van der Waals surface area contributed by atoms with Crippen LogP contribution in [0.2, 0.25) is 0 Å². The van der Waals surface area contributed by atoms with Crippen LogP contribution in [0, 0.1) is 0 Å². The molecule has 2 atom stereocenters. The molecule has 0 bridgehead atoms. The third-order valence-electron chi connectivity index (χ3n) is 3.75. The molecule has 0 aromatic rings. The summed E-state index contributed by atoms with van der Waals surface area (Å²) in [4.78, 5) is 0. The highest BCUT2D eigenvalue weighted by Gasteiger charge is 2.38. The molecular weight excluding hydrogens is 146 g/mol. The number of nitrogens with zero attached hydrogens (tertiary/aromatic N) is 1. The van der Waals surface area contributed by atoms with Crippen LogP contribution in [0.5, 0.6) is 0 Å². The first-order valence-corrected chi connectivity index (χ1v) is 5.15. The zero-order chi connectivity index (χ0) is 9.99. The lowest BCUT2D eigenvalue weighted by molar-refractivity contribution is -0.972. The molecule has 0 heterocycles. The third-order valence-corrected chi connectivity index (χ3v) is 3.75. The molecule has 12 heavy (non-hydrogen) atoms. The van der Waals surface area contributed by atoms with Crippen LogP contribution in [-0.4, -0.2) is 29.7 Å². The van der Waals surface area contributed by atoms with Gasteiger partial charge in [0.1, 0.15) is 0 Å². The van der Waals surface area contributed by atoms with Crippen LogP contribution < -0.4 is 0 Å². The van der Waals surface area contributed by atoms with Gasteiger partial charge in [-0.25, -0.2) is 0 Å². The fraction of sp³-hybridized carbons (Fsp3) is 1.00. The molecule has 0 amide bonds. The van der Waals surface area contributed by atoms with Crippen molar-refractivity contribution in [2.24, 2.45) is 0 Å². The minimum Gasteiger partial charge on any atom is -0.320 e. The van der Waals surface area contributed by atoms with Crippen LogP contribution in [0.3, 0.4) is 0 Å². The number of hydrogen-bond acceptors (Lipinski definition) is 0. The monoisotopic (exact) mass is 172 g/mol. The van der Waals surface area contributed by atoms with Gasteiger partial charge in [0, 0.05) is 0 Å². The average Bonchev–Trinajstić information content (AvgIpc) is 1.99. The molecule has 2 unspecified atom stereocenters. The van der Waals surface area contributed by atoms with Gasteiger partial charge in [0.2, 0.25) is 0 Å². The molecule has 0 saturated heterocycles. The SMILES string of the molecule is CCC(C)[N+](C)(CC)C(C)(C)C. The van der Waals surface area contributed by atoms with E-state index >= 15 is 0 Å². The minimum atomic E-state index is 0.365. The summed E-state index contributed by atoms with van der Waals surface area (Å²) in [6, 6.07) is 0.759. The molecule has 0 aromatic heterocycles. The Labute approximate surface area is 78.4 Å². The van der Waals surface area contributed by atoms with Crippen LogP contribution in [0.4, 0.5) is 0 Å². The van der Waals surface area contributed by atoms with E-state index in [9.17, 15) is 0 Å². The standard InChI is InChI=1S/C11H26N/c1-8-10(3)12(7,9-2)11(4,5)6/h10H,8-9H2,1-7H3/q+1. The molecule has 74 valence electrons. The van der Waals surface area contributed by atoms with Crippen molar-refractivity contribution in [2.75, 3.05) is 13.6 Å². The summed E-state index contributed by atoms with van der Waals surface area (Å²) in [7, 11) is 2.37. The quantitative estimate of drug-likeness (QED) is 0.574. The van der Waals surface area contributed by atoms with E-state index in [1.807, 2.05) is 0 Å². The summed E-state index contributed by atoms with van der Waals surface area (Å²) in [6.07, 6.45) is 1.27. The van der Waals surface area contributed by atoms with Gasteiger partial charge in [-0.1, -0.05) is 6.92 Å². The predicted molar refractivity (Wildman–Crippen MR) is 56.2 cm³/mol. The Hall–Kier alpha value is -0.0400. The molecule has 0 aliphatic heterocycles. The van der Waals surface area contributed by atoms with E-state index in [1.54, 1.807) is 0 Å². The fourth-order valence-corrected chi connectivity index (χ4v) is 1.85. The van der Waals surface area contributed by atoms with E-state index in [0.717, 1.165) is 6.04 Å². The van der Waals surface area contributed by atoms with Gasteiger partial charge >= 0.3 is 0 Å². The van der Waals surface area contributed by atoms with Gasteiger partial charge in [0.05, 0.1) is 25.2 Å². The van der Waals surface area contributed by atoms with Crippen molar-refractivity contribution in [3.05, 3.63) is 0 Å². The van der Waals surface area contributed by atoms with Gasteiger partial charge in [-0.15, -0.1) is 0 Å². The predicted octanol–water partition coefficient (Wildman–Crippen LogP) is 3.05. The Morgan fingerprint density at radius 3 is 1.67 bits per heavy atom. The fourth-order valence-electron chi connectivity index (χ4n) is 1.85. The molecule has 0 aliphatic rings. The van der Waals surface area contributed by atoms with Crippen LogP contribution in [-0.2, 0) is 0 Å². The van der Waals surface area contributed by atoms with Gasteiger partial charge in [-0.2, -0.15) is 0 Å². The summed E-state index contributed by atoms with van der Waals surface area (Å²) in [5, 5.41) is 0. The van der Waals surface area contributed by atoms with Crippen molar-refractivity contribution >= 4 is 0 Å². The van der Waals surface area contributed by atoms with Crippen molar-refractivity contribution < 1.29 is 4.48 Å². The van der Waals surface area contributed by atoms with Crippen LogP contribution in [0.25, 0.3) is 0 Å². The Morgan fingerprint density at radius 2 is 1.58 bits per heavy atom. The Morgan fingerprint density at radius 1 is 1.17 bits per heavy atom. The van der Waals surface area contributed by atoms with Crippen molar-refractivity contribution in [1.82, 2.24) is 0 Å². The first kappa shape index (κ1) is 12.0. The molecule has 0 saturated carbocycles. The Bertz CT molecular complexity index is 134. The normalized spacial score (nSPS) is 20.2. The van der Waals surface area contributed by atoms with Crippen molar-refractivity contribution in [3.63, 3.8) is 0 Å². The number of quaternary nitrogens is 1. The highest BCUT2D eigenvalue weighted by atomic mass is 15.4. The Kier molecular flexibility index (Phi) is 3.77. The summed E-state index contributed by atoms with van der Waals surface area (Å²) in [5.41, 5.74) is 0.365. The molecule has 1 nitrogen and oxygen atoms in total. The molecule has 0 N–H and O–H groups in total. The molecule has 0 aliphatic carbocycles. The molecular formula is C11H26N+. The van der Waals surface area contributed by atoms with E-state index in [1.165, 1.54) is 17.4 Å². The van der Waals surface area contributed by atoms with Crippen molar-refractivity contribution in [3.8, 4) is 0 Å². The summed E-state index contributed by atoms with van der Waals surface area (Å²) < 4.78 is 1.17. The topological polar surface area (TPSA) is 0 Å². The Balaban J connectivity index is 4.67. The second kappa shape index (κ2) is 3.78. The zero-order valence-electron chi connectivity index (χ0n) is 9.94. The van der Waals surface area contributed by atoms with E-state index in [-0.39, 0.29) is 0 Å². The molecule has 0 fully saturated rings. The van der Waals surface area contributed by atoms with E-state index in [2.05, 4.69) is 48.6 Å². The highest BCUT2D eigenvalue weighted by Crippen LogP contribution is 2.26. The highest BCUT2D eigenvalue weighted by molar-refractivity contribution is 4.65. The smallest absolute Gasteiger partial charge is 0.0907 e. The van der Waals surface area contributed by atoms with Gasteiger partial charge in [-0.05, 0) is 41.0 Å². The maximum absolute atomic E-state index is 2.37. The molecule has 0 aromatic carbocycles. The second-order valence-corrected chi connectivity index (χ2v) is 5.01. The van der Waals surface area contributed by atoms with Crippen LogP contribution >= 0.6 is 0 Å². The number of hydrogen-bond donors (Lipinski definition) is 0. The third kappa shape index (κ3) is 2.01. The lowest BCUT2D eigenvalue weighted by atomic mass is 9.98. The van der Waals surface area contributed by atoms with Crippen molar-refractivity contribution in [2.45, 2.75) is 59.5 Å². The summed E-state index contributed by atoms with van der Waals surface area (Å²) >= 11 is 0. The largest absolute Gasteiger partial charge is 0.320 e. The maximum atomic E-state index is 2.37. The van der Waals surface area contributed by atoms with Crippen molar-refractivity contribution in [1.29, 1.82) is 0 Å². The first-order chi connectivity index (χ1) is 5.29. The molecule has 1 heteroatoms. The van der Waals surface area contributed by atoms with Crippen LogP contribution in [0.1, 0.15) is 48.0 Å². The second-order valence-electron chi connectivity index (χ2n) is 5.01. The maximum Gasteiger partial charge on any atom is 0.0907 e.